The maximum absolute atomic E-state index is 3.48. The molecule has 0 fully saturated rings. The predicted molar refractivity (Wildman–Crippen MR) is 76.0 cm³/mol. The van der Waals surface area contributed by atoms with E-state index in [0.717, 1.165) is 13.1 Å². The van der Waals surface area contributed by atoms with Crippen molar-refractivity contribution < 1.29 is 0 Å². The van der Waals surface area contributed by atoms with Crippen molar-refractivity contribution in [3.8, 4) is 0 Å². The fraction of sp³-hybridized carbons (Fsp3) is 0.467. The molecule has 0 heterocycles. The lowest BCUT2D eigenvalue weighted by Crippen LogP contribution is -2.35. The summed E-state index contributed by atoms with van der Waals surface area (Å²) in [6.45, 7) is 8.38. The Morgan fingerprint density at radius 2 is 1.76 bits per heavy atom. The van der Waals surface area contributed by atoms with Gasteiger partial charge in [-0.2, -0.15) is 0 Å². The van der Waals surface area contributed by atoms with E-state index in [9.17, 15) is 0 Å². The van der Waals surface area contributed by atoms with Gasteiger partial charge in [-0.15, -0.1) is 0 Å². The standard InChI is InChI=1S/C15H24N2/c1-15(2,3)17-12-14-9-7-13(8-10-14)6-5-11-16-4/h5-10,16-17H,11-12H2,1-4H3. The van der Waals surface area contributed by atoms with Crippen molar-refractivity contribution in [3.05, 3.63) is 41.5 Å². The fourth-order valence-corrected chi connectivity index (χ4v) is 1.43. The molecule has 1 aromatic carbocycles. The second-order valence-corrected chi connectivity index (χ2v) is 5.31. The lowest BCUT2D eigenvalue weighted by molar-refractivity contribution is 0.424. The summed E-state index contributed by atoms with van der Waals surface area (Å²) in [5, 5.41) is 6.57. The molecule has 2 N–H and O–H groups in total. The van der Waals surface area contributed by atoms with E-state index in [1.165, 1.54) is 11.1 Å². The van der Waals surface area contributed by atoms with Crippen molar-refractivity contribution in [3.63, 3.8) is 0 Å². The quantitative estimate of drug-likeness (QED) is 0.815. The average molecular weight is 232 g/mol. The van der Waals surface area contributed by atoms with Crippen molar-refractivity contribution in [1.29, 1.82) is 0 Å². The molecule has 0 atom stereocenters. The van der Waals surface area contributed by atoms with Crippen LogP contribution in [0.15, 0.2) is 30.3 Å². The van der Waals surface area contributed by atoms with Crippen LogP contribution in [-0.2, 0) is 6.54 Å². The molecule has 0 spiro atoms. The zero-order valence-corrected chi connectivity index (χ0v) is 11.4. The van der Waals surface area contributed by atoms with Gasteiger partial charge in [0.25, 0.3) is 0 Å². The smallest absolute Gasteiger partial charge is 0.0210 e. The van der Waals surface area contributed by atoms with Gasteiger partial charge in [0.05, 0.1) is 0 Å². The Hall–Kier alpha value is -1.12. The summed E-state index contributed by atoms with van der Waals surface area (Å²) in [7, 11) is 1.95. The number of likely N-dealkylation sites (N-methyl/N-ethyl adjacent to an activating group) is 1. The minimum atomic E-state index is 0.172. The SMILES string of the molecule is CNCC=Cc1ccc(CNC(C)(C)C)cc1. The van der Waals surface area contributed by atoms with E-state index in [-0.39, 0.29) is 5.54 Å². The van der Waals surface area contributed by atoms with E-state index in [0.29, 0.717) is 0 Å². The highest BCUT2D eigenvalue weighted by molar-refractivity contribution is 5.49. The van der Waals surface area contributed by atoms with Crippen LogP contribution in [0.3, 0.4) is 0 Å². The lowest BCUT2D eigenvalue weighted by Gasteiger charge is -2.20. The van der Waals surface area contributed by atoms with Gasteiger partial charge in [0.2, 0.25) is 0 Å². The summed E-state index contributed by atoms with van der Waals surface area (Å²) in [5.41, 5.74) is 2.75. The van der Waals surface area contributed by atoms with E-state index in [1.54, 1.807) is 0 Å². The third-order valence-corrected chi connectivity index (χ3v) is 2.43. The molecule has 0 aliphatic heterocycles. The second-order valence-electron chi connectivity index (χ2n) is 5.31. The molecule has 0 aromatic heterocycles. The van der Waals surface area contributed by atoms with Gasteiger partial charge in [-0.1, -0.05) is 36.4 Å². The van der Waals surface area contributed by atoms with Gasteiger partial charge in [0.15, 0.2) is 0 Å². The third-order valence-electron chi connectivity index (χ3n) is 2.43. The van der Waals surface area contributed by atoms with Crippen LogP contribution in [-0.4, -0.2) is 19.1 Å². The molecule has 0 amide bonds. The molecule has 2 heteroatoms. The first-order valence-electron chi connectivity index (χ1n) is 6.16. The first kappa shape index (κ1) is 13.9. The van der Waals surface area contributed by atoms with Crippen molar-refractivity contribution in [2.45, 2.75) is 32.9 Å². The first-order valence-corrected chi connectivity index (χ1v) is 6.16. The van der Waals surface area contributed by atoms with Gasteiger partial charge in [-0.25, -0.2) is 0 Å². The maximum Gasteiger partial charge on any atom is 0.0210 e. The Balaban J connectivity index is 2.50. The van der Waals surface area contributed by atoms with Crippen LogP contribution in [0.1, 0.15) is 31.9 Å². The van der Waals surface area contributed by atoms with Crippen molar-refractivity contribution in [2.24, 2.45) is 0 Å². The molecule has 17 heavy (non-hydrogen) atoms. The van der Waals surface area contributed by atoms with Crippen LogP contribution in [0.25, 0.3) is 6.08 Å². The van der Waals surface area contributed by atoms with Gasteiger partial charge >= 0.3 is 0 Å². The molecule has 1 rings (SSSR count). The van der Waals surface area contributed by atoms with E-state index < -0.39 is 0 Å². The van der Waals surface area contributed by atoms with E-state index in [2.05, 4.69) is 67.8 Å². The summed E-state index contributed by atoms with van der Waals surface area (Å²) in [6, 6.07) is 8.67. The summed E-state index contributed by atoms with van der Waals surface area (Å²) in [6.07, 6.45) is 4.26. The summed E-state index contributed by atoms with van der Waals surface area (Å²) in [4.78, 5) is 0. The highest BCUT2D eigenvalue weighted by atomic mass is 14.9. The molecule has 0 radical (unpaired) electrons. The maximum atomic E-state index is 3.48. The molecule has 0 bridgehead atoms. The van der Waals surface area contributed by atoms with Crippen LogP contribution in [0.5, 0.6) is 0 Å². The predicted octanol–water partition coefficient (Wildman–Crippen LogP) is 2.81. The van der Waals surface area contributed by atoms with Crippen molar-refractivity contribution >= 4 is 6.08 Å². The molecule has 94 valence electrons. The number of benzene rings is 1. The zero-order chi connectivity index (χ0) is 12.7. The molecule has 0 unspecified atom stereocenters. The molecule has 0 saturated carbocycles. The molecule has 0 aliphatic carbocycles. The number of rotatable bonds is 5. The number of hydrogen-bond donors (Lipinski definition) is 2. The second kappa shape index (κ2) is 6.58. The van der Waals surface area contributed by atoms with E-state index in [1.807, 2.05) is 7.05 Å². The first-order chi connectivity index (χ1) is 8.01. The van der Waals surface area contributed by atoms with Gasteiger partial charge in [-0.3, -0.25) is 0 Å². The monoisotopic (exact) mass is 232 g/mol. The molecule has 1 aromatic rings. The number of nitrogens with one attached hydrogen (secondary N) is 2. The Kier molecular flexibility index (Phi) is 5.39. The van der Waals surface area contributed by atoms with Crippen LogP contribution < -0.4 is 10.6 Å². The largest absolute Gasteiger partial charge is 0.316 e. The van der Waals surface area contributed by atoms with Gasteiger partial charge in [0.1, 0.15) is 0 Å². The normalized spacial score (nSPS) is 12.2. The minimum absolute atomic E-state index is 0.172. The van der Waals surface area contributed by atoms with Crippen molar-refractivity contribution in [2.75, 3.05) is 13.6 Å². The molecular formula is C15H24N2. The summed E-state index contributed by atoms with van der Waals surface area (Å²) in [5.74, 6) is 0. The van der Waals surface area contributed by atoms with Crippen LogP contribution >= 0.6 is 0 Å². The van der Waals surface area contributed by atoms with E-state index >= 15 is 0 Å². The van der Waals surface area contributed by atoms with Crippen LogP contribution in [0.4, 0.5) is 0 Å². The van der Waals surface area contributed by atoms with Crippen LogP contribution in [0.2, 0.25) is 0 Å². The summed E-state index contributed by atoms with van der Waals surface area (Å²) >= 11 is 0. The van der Waals surface area contributed by atoms with Crippen LogP contribution in [0, 0.1) is 0 Å². The molecule has 2 nitrogen and oxygen atoms in total. The highest BCUT2D eigenvalue weighted by Crippen LogP contribution is 2.08. The third kappa shape index (κ3) is 6.25. The fourth-order valence-electron chi connectivity index (χ4n) is 1.43. The van der Waals surface area contributed by atoms with Gasteiger partial charge < -0.3 is 10.6 Å². The van der Waals surface area contributed by atoms with Gasteiger partial charge in [-0.05, 0) is 38.9 Å². The highest BCUT2D eigenvalue weighted by Gasteiger charge is 2.07. The zero-order valence-electron chi connectivity index (χ0n) is 11.4. The van der Waals surface area contributed by atoms with E-state index in [4.69, 9.17) is 0 Å². The Labute approximate surface area is 105 Å². The molecule has 0 aliphatic rings. The van der Waals surface area contributed by atoms with Gasteiger partial charge in [0, 0.05) is 18.6 Å². The number of hydrogen-bond acceptors (Lipinski definition) is 2. The Bertz CT molecular complexity index is 344. The molecule has 0 saturated heterocycles. The summed E-state index contributed by atoms with van der Waals surface area (Å²) < 4.78 is 0. The average Bonchev–Trinajstić information content (AvgIpc) is 2.27. The van der Waals surface area contributed by atoms with Crippen molar-refractivity contribution in [1.82, 2.24) is 10.6 Å². The Morgan fingerprint density at radius 1 is 1.12 bits per heavy atom. The Morgan fingerprint density at radius 3 is 2.29 bits per heavy atom. The topological polar surface area (TPSA) is 24.1 Å². The minimum Gasteiger partial charge on any atom is -0.316 e. The lowest BCUT2D eigenvalue weighted by atomic mass is 10.1. The molecular weight excluding hydrogens is 208 g/mol.